The van der Waals surface area contributed by atoms with Crippen LogP contribution in [0.1, 0.15) is 26.3 Å². The Morgan fingerprint density at radius 1 is 0.707 bits per heavy atom. The van der Waals surface area contributed by atoms with Crippen LogP contribution < -0.4 is 9.80 Å². The monoisotopic (exact) mass is 710 g/mol. The fraction of sp³-hybridized carbons (Fsp3) is 0.200. The maximum absolute atomic E-state index is 15.5. The fourth-order valence-electron chi connectivity index (χ4n) is 3.69. The molecule has 0 aliphatic rings. The van der Waals surface area contributed by atoms with E-state index in [4.69, 9.17) is 0 Å². The van der Waals surface area contributed by atoms with E-state index >= 15 is 4.39 Å². The van der Waals surface area contributed by atoms with Gasteiger partial charge in [0.1, 0.15) is 5.82 Å². The van der Waals surface area contributed by atoms with Crippen molar-refractivity contribution in [2.75, 3.05) is 16.8 Å². The normalized spacial score (nSPS) is 12.7. The molecule has 0 bridgehead atoms. The van der Waals surface area contributed by atoms with Crippen molar-refractivity contribution >= 4 is 45.8 Å². The highest BCUT2D eigenvalue weighted by Crippen LogP contribution is 2.53. The number of benzene rings is 3. The second-order valence-electron chi connectivity index (χ2n) is 8.32. The molecule has 0 aromatic heterocycles. The molecular formula is C25H14F11IN2O2. The van der Waals surface area contributed by atoms with Crippen molar-refractivity contribution in [1.82, 2.24) is 0 Å². The van der Waals surface area contributed by atoms with Crippen molar-refractivity contribution in [3.05, 3.63) is 92.8 Å². The van der Waals surface area contributed by atoms with E-state index in [9.17, 15) is 53.5 Å². The molecule has 41 heavy (non-hydrogen) atoms. The zero-order valence-corrected chi connectivity index (χ0v) is 22.3. The Hall–Kier alpha value is -3.44. The second kappa shape index (κ2) is 11.1. The first kappa shape index (κ1) is 32.1. The molecule has 2 amide bonds. The smallest absolute Gasteiger partial charge is 0.311 e. The lowest BCUT2D eigenvalue weighted by molar-refractivity contribution is -0.338. The molecule has 0 saturated heterocycles. The molecule has 16 heteroatoms. The summed E-state index contributed by atoms with van der Waals surface area (Å²) in [5, 5.41) is 0. The quantitative estimate of drug-likeness (QED) is 0.152. The van der Waals surface area contributed by atoms with Crippen LogP contribution in [0, 0.1) is 9.39 Å². The molecule has 0 spiro atoms. The van der Waals surface area contributed by atoms with Crippen LogP contribution in [0.25, 0.3) is 0 Å². The van der Waals surface area contributed by atoms with Crippen LogP contribution in [0.15, 0.2) is 66.7 Å². The summed E-state index contributed by atoms with van der Waals surface area (Å²) in [6.45, 7) is 0. The predicted molar refractivity (Wildman–Crippen MR) is 132 cm³/mol. The van der Waals surface area contributed by atoms with E-state index in [-0.39, 0.29) is 17.3 Å². The molecule has 0 heterocycles. The zero-order valence-electron chi connectivity index (χ0n) is 20.1. The van der Waals surface area contributed by atoms with Gasteiger partial charge < -0.3 is 4.90 Å². The first-order chi connectivity index (χ1) is 18.7. The molecule has 0 fully saturated rings. The van der Waals surface area contributed by atoms with Crippen molar-refractivity contribution < 1.29 is 57.9 Å². The van der Waals surface area contributed by atoms with Gasteiger partial charge in [0.25, 0.3) is 11.8 Å². The van der Waals surface area contributed by atoms with E-state index in [0.29, 0.717) is 24.3 Å². The summed E-state index contributed by atoms with van der Waals surface area (Å²) in [5.74, 6) is -10.8. The van der Waals surface area contributed by atoms with E-state index < -0.39 is 67.2 Å². The minimum atomic E-state index is -6.97. The Morgan fingerprint density at radius 2 is 1.22 bits per heavy atom. The summed E-state index contributed by atoms with van der Waals surface area (Å²) in [7, 11) is 1.06. The SMILES string of the molecule is CN(C(=O)c1cccc(F)c1)c1cccc(C(=O)N(c2c(I)cccc2C(F)(F)F)C(F)(C(F)(F)F)C(F)(F)F)c1. The molecule has 3 aromatic carbocycles. The van der Waals surface area contributed by atoms with Crippen LogP contribution in [-0.2, 0) is 6.18 Å². The number of rotatable bonds is 5. The lowest BCUT2D eigenvalue weighted by Gasteiger charge is -2.40. The standard InChI is InChI=1S/C25H14F11IN2O2/c1-38(20(40)13-5-2-7-15(26)11-13)16-8-3-6-14(12-16)21(41)39(23(30,24(31,32)33)25(34,35)36)19-17(22(27,28)29)9-4-10-18(19)37/h2-12H,1H3. The van der Waals surface area contributed by atoms with Gasteiger partial charge in [-0.25, -0.2) is 4.39 Å². The lowest BCUT2D eigenvalue weighted by atomic mass is 10.0. The Morgan fingerprint density at radius 3 is 1.73 bits per heavy atom. The van der Waals surface area contributed by atoms with Crippen LogP contribution in [0.4, 0.5) is 59.7 Å². The van der Waals surface area contributed by atoms with Gasteiger partial charge >= 0.3 is 24.3 Å². The number of amides is 2. The van der Waals surface area contributed by atoms with Gasteiger partial charge in [0.2, 0.25) is 0 Å². The molecular weight excluding hydrogens is 696 g/mol. The minimum Gasteiger partial charge on any atom is -0.311 e. The van der Waals surface area contributed by atoms with Crippen LogP contribution in [0.5, 0.6) is 0 Å². The van der Waals surface area contributed by atoms with Gasteiger partial charge in [-0.2, -0.15) is 43.9 Å². The van der Waals surface area contributed by atoms with Crippen LogP contribution in [0.3, 0.4) is 0 Å². The van der Waals surface area contributed by atoms with Crippen molar-refractivity contribution in [3.8, 4) is 0 Å². The largest absolute Gasteiger partial charge is 0.452 e. The first-order valence-electron chi connectivity index (χ1n) is 10.9. The second-order valence-corrected chi connectivity index (χ2v) is 9.48. The fourth-order valence-corrected chi connectivity index (χ4v) is 4.43. The maximum atomic E-state index is 15.5. The highest BCUT2D eigenvalue weighted by Gasteiger charge is 2.78. The number of hydrogen-bond acceptors (Lipinski definition) is 2. The van der Waals surface area contributed by atoms with Gasteiger partial charge in [0, 0.05) is 27.4 Å². The third kappa shape index (κ3) is 6.11. The Labute approximate surface area is 237 Å². The minimum absolute atomic E-state index is 0.0901. The molecule has 0 N–H and O–H groups in total. The molecule has 0 radical (unpaired) electrons. The summed E-state index contributed by atoms with van der Waals surface area (Å²) < 4.78 is 153. The lowest BCUT2D eigenvalue weighted by Crippen LogP contribution is -2.67. The number of nitrogens with zero attached hydrogens (tertiary/aromatic N) is 2. The average Bonchev–Trinajstić information content (AvgIpc) is 2.86. The van der Waals surface area contributed by atoms with Crippen molar-refractivity contribution in [2.24, 2.45) is 0 Å². The van der Waals surface area contributed by atoms with E-state index in [1.165, 1.54) is 12.1 Å². The zero-order chi connectivity index (χ0) is 31.1. The molecule has 4 nitrogen and oxygen atoms in total. The van der Waals surface area contributed by atoms with E-state index in [1.807, 2.05) is 0 Å². The van der Waals surface area contributed by atoms with E-state index in [0.717, 1.165) is 58.8 Å². The number of halogens is 12. The summed E-state index contributed by atoms with van der Waals surface area (Å²) in [6.07, 6.45) is -19.6. The van der Waals surface area contributed by atoms with Crippen molar-refractivity contribution in [2.45, 2.75) is 24.3 Å². The Balaban J connectivity index is 2.27. The number of alkyl halides is 10. The Kier molecular flexibility index (Phi) is 8.68. The summed E-state index contributed by atoms with van der Waals surface area (Å²) in [5.41, 5.74) is -5.91. The number of carbonyl (C=O) groups is 2. The molecule has 3 rings (SSSR count). The van der Waals surface area contributed by atoms with Crippen LogP contribution >= 0.6 is 22.6 Å². The van der Waals surface area contributed by atoms with Crippen molar-refractivity contribution in [3.63, 3.8) is 0 Å². The van der Waals surface area contributed by atoms with Gasteiger partial charge in [-0.05, 0) is 71.1 Å². The number of hydrogen-bond donors (Lipinski definition) is 0. The van der Waals surface area contributed by atoms with Gasteiger partial charge in [-0.1, -0.05) is 18.2 Å². The van der Waals surface area contributed by atoms with Crippen LogP contribution in [0.2, 0.25) is 0 Å². The highest BCUT2D eigenvalue weighted by atomic mass is 127. The van der Waals surface area contributed by atoms with Crippen molar-refractivity contribution in [1.29, 1.82) is 0 Å². The highest BCUT2D eigenvalue weighted by molar-refractivity contribution is 14.1. The van der Waals surface area contributed by atoms with Gasteiger partial charge in [0.05, 0.1) is 11.3 Å². The summed E-state index contributed by atoms with van der Waals surface area (Å²) in [4.78, 5) is 25.2. The number of para-hydroxylation sites is 1. The predicted octanol–water partition coefficient (Wildman–Crippen LogP) is 8.16. The molecule has 3 aromatic rings. The summed E-state index contributed by atoms with van der Waals surface area (Å²) >= 11 is 0.947. The third-order valence-corrected chi connectivity index (χ3v) is 6.51. The van der Waals surface area contributed by atoms with Crippen LogP contribution in [-0.4, -0.2) is 37.0 Å². The molecule has 0 atom stereocenters. The molecule has 0 unspecified atom stereocenters. The number of anilines is 2. The van der Waals surface area contributed by atoms with E-state index in [1.54, 1.807) is 0 Å². The average molecular weight is 710 g/mol. The topological polar surface area (TPSA) is 40.6 Å². The van der Waals surface area contributed by atoms with E-state index in [2.05, 4.69) is 0 Å². The Bertz CT molecular complexity index is 1450. The summed E-state index contributed by atoms with van der Waals surface area (Å²) in [6, 6.07) is 8.71. The van der Waals surface area contributed by atoms with Gasteiger partial charge in [-0.3, -0.25) is 14.5 Å². The maximum Gasteiger partial charge on any atom is 0.452 e. The molecule has 0 aliphatic heterocycles. The number of carbonyl (C=O) groups excluding carboxylic acids is 2. The van der Waals surface area contributed by atoms with Gasteiger partial charge in [0.15, 0.2) is 0 Å². The molecule has 0 aliphatic carbocycles. The van der Waals surface area contributed by atoms with Gasteiger partial charge in [-0.15, -0.1) is 0 Å². The third-order valence-electron chi connectivity index (χ3n) is 5.63. The molecule has 220 valence electrons. The molecule has 0 saturated carbocycles. The first-order valence-corrected chi connectivity index (χ1v) is 12.0.